The number of carboxylic acid groups (broad SMARTS) is 1. The minimum atomic E-state index is -1.07. The van der Waals surface area contributed by atoms with E-state index in [9.17, 15) is 14.4 Å². The van der Waals surface area contributed by atoms with E-state index in [-0.39, 0.29) is 18.4 Å². The Balaban J connectivity index is 1.77. The van der Waals surface area contributed by atoms with Crippen LogP contribution in [0.4, 0.5) is 0 Å². The van der Waals surface area contributed by atoms with Gasteiger partial charge in [-0.3, -0.25) is 14.4 Å². The number of aliphatic carboxylic acids is 1. The van der Waals surface area contributed by atoms with Gasteiger partial charge < -0.3 is 19.6 Å². The first-order valence-corrected chi connectivity index (χ1v) is 10.8. The van der Waals surface area contributed by atoms with E-state index in [1.807, 2.05) is 31.2 Å². The Morgan fingerprint density at radius 3 is 2.41 bits per heavy atom. The number of hydrazone groups is 1. The van der Waals surface area contributed by atoms with Crippen molar-refractivity contribution >= 4 is 28.5 Å². The minimum Gasteiger partial charge on any atom is -0.493 e. The molecule has 0 bridgehead atoms. The summed E-state index contributed by atoms with van der Waals surface area (Å²) in [5, 5.41) is 15.5. The number of aromatic amines is 1. The Bertz CT molecular complexity index is 1340. The minimum absolute atomic E-state index is 0.215. The average molecular weight is 463 g/mol. The zero-order valence-corrected chi connectivity index (χ0v) is 19.1. The van der Waals surface area contributed by atoms with Gasteiger partial charge in [0.1, 0.15) is 0 Å². The molecule has 2 heterocycles. The molecule has 1 aliphatic heterocycles. The number of nitrogens with zero attached hydrogens (tertiary/aromatic N) is 2. The number of carbonyl (C=O) groups is 2. The standard InChI is InChI=1S/C25H25N3O6/c1-14-4-6-15(7-5-14)19-12-20(28(27-19)23(29)8-9-24(30)31)17-10-16-11-21(33-2)22(34-3)13-18(16)26-25(17)32/h4-7,10-11,13,20H,8-9,12H2,1-3H3,(H,26,32)(H,30,31). The number of carbonyl (C=O) groups excluding carboxylic acids is 1. The van der Waals surface area contributed by atoms with Crippen LogP contribution in [0.1, 0.15) is 42.0 Å². The van der Waals surface area contributed by atoms with Crippen LogP contribution in [0.2, 0.25) is 0 Å². The van der Waals surface area contributed by atoms with Crippen molar-refractivity contribution in [2.45, 2.75) is 32.2 Å². The molecule has 0 aliphatic carbocycles. The second kappa shape index (κ2) is 9.38. The Hall–Kier alpha value is -4.14. The number of carboxylic acids is 1. The Morgan fingerprint density at radius 1 is 1.09 bits per heavy atom. The fourth-order valence-electron chi connectivity index (χ4n) is 4.03. The molecule has 0 saturated heterocycles. The molecule has 176 valence electrons. The van der Waals surface area contributed by atoms with Gasteiger partial charge in [0.15, 0.2) is 11.5 Å². The predicted octanol–water partition coefficient (Wildman–Crippen LogP) is 3.40. The maximum Gasteiger partial charge on any atom is 0.303 e. The number of pyridine rings is 1. The predicted molar refractivity (Wildman–Crippen MR) is 126 cm³/mol. The van der Waals surface area contributed by atoms with E-state index in [0.717, 1.165) is 11.1 Å². The third kappa shape index (κ3) is 4.50. The van der Waals surface area contributed by atoms with Crippen molar-refractivity contribution < 1.29 is 24.2 Å². The van der Waals surface area contributed by atoms with Crippen molar-refractivity contribution in [3.8, 4) is 11.5 Å². The van der Waals surface area contributed by atoms with E-state index in [1.165, 1.54) is 19.2 Å². The number of ether oxygens (including phenoxy) is 2. The molecule has 34 heavy (non-hydrogen) atoms. The SMILES string of the molecule is COc1cc2cc(C3CC(c4ccc(C)cc4)=NN3C(=O)CCC(=O)O)c(=O)[nH]c2cc1OC. The molecule has 0 fully saturated rings. The van der Waals surface area contributed by atoms with Gasteiger partial charge in [-0.1, -0.05) is 29.8 Å². The second-order valence-corrected chi connectivity index (χ2v) is 8.11. The summed E-state index contributed by atoms with van der Waals surface area (Å²) < 4.78 is 10.7. The zero-order chi connectivity index (χ0) is 24.4. The third-order valence-electron chi connectivity index (χ3n) is 5.84. The number of H-pyrrole nitrogens is 1. The highest BCUT2D eigenvalue weighted by molar-refractivity contribution is 6.03. The number of hydrogen-bond acceptors (Lipinski definition) is 6. The topological polar surface area (TPSA) is 121 Å². The summed E-state index contributed by atoms with van der Waals surface area (Å²) in [5.74, 6) is -0.544. The van der Waals surface area contributed by atoms with Crippen LogP contribution in [-0.2, 0) is 9.59 Å². The number of benzene rings is 2. The van der Waals surface area contributed by atoms with E-state index in [1.54, 1.807) is 18.2 Å². The lowest BCUT2D eigenvalue weighted by Gasteiger charge is -2.21. The van der Waals surface area contributed by atoms with Crippen molar-refractivity contribution in [3.63, 3.8) is 0 Å². The van der Waals surface area contributed by atoms with Crippen LogP contribution in [0.25, 0.3) is 10.9 Å². The average Bonchev–Trinajstić information content (AvgIpc) is 3.27. The molecule has 1 aromatic heterocycles. The molecule has 1 aliphatic rings. The molecule has 1 unspecified atom stereocenters. The van der Waals surface area contributed by atoms with Gasteiger partial charge >= 0.3 is 5.97 Å². The van der Waals surface area contributed by atoms with E-state index < -0.39 is 17.9 Å². The van der Waals surface area contributed by atoms with Crippen LogP contribution in [0.15, 0.2) is 52.4 Å². The van der Waals surface area contributed by atoms with Crippen LogP contribution in [0, 0.1) is 6.92 Å². The van der Waals surface area contributed by atoms with Crippen LogP contribution in [-0.4, -0.2) is 46.9 Å². The molecule has 1 amide bonds. The number of aromatic nitrogens is 1. The van der Waals surface area contributed by atoms with E-state index in [0.29, 0.717) is 40.1 Å². The smallest absolute Gasteiger partial charge is 0.303 e. The molecule has 0 radical (unpaired) electrons. The maximum atomic E-state index is 13.1. The Morgan fingerprint density at radius 2 is 1.76 bits per heavy atom. The monoisotopic (exact) mass is 463 g/mol. The lowest BCUT2D eigenvalue weighted by molar-refractivity contribution is -0.141. The van der Waals surface area contributed by atoms with Crippen molar-refractivity contribution in [3.05, 3.63) is 69.5 Å². The highest BCUT2D eigenvalue weighted by atomic mass is 16.5. The van der Waals surface area contributed by atoms with Crippen molar-refractivity contribution in [1.82, 2.24) is 9.99 Å². The number of hydrogen-bond donors (Lipinski definition) is 2. The van der Waals surface area contributed by atoms with Gasteiger partial charge in [-0.2, -0.15) is 5.10 Å². The van der Waals surface area contributed by atoms with E-state index in [2.05, 4.69) is 10.1 Å². The lowest BCUT2D eigenvalue weighted by Crippen LogP contribution is -2.31. The molecule has 0 saturated carbocycles. The van der Waals surface area contributed by atoms with Crippen LogP contribution in [0.5, 0.6) is 11.5 Å². The molecular formula is C25H25N3O6. The first-order valence-electron chi connectivity index (χ1n) is 10.8. The largest absolute Gasteiger partial charge is 0.493 e. The second-order valence-electron chi connectivity index (χ2n) is 8.11. The van der Waals surface area contributed by atoms with Gasteiger partial charge in [-0.15, -0.1) is 0 Å². The molecule has 0 spiro atoms. The number of fused-ring (bicyclic) bond motifs is 1. The summed E-state index contributed by atoms with van der Waals surface area (Å²) >= 11 is 0. The summed E-state index contributed by atoms with van der Waals surface area (Å²) in [7, 11) is 3.04. The van der Waals surface area contributed by atoms with Gasteiger partial charge in [0.05, 0.1) is 37.9 Å². The molecule has 2 aromatic carbocycles. The zero-order valence-electron chi connectivity index (χ0n) is 19.1. The normalized spacial score (nSPS) is 15.3. The molecule has 1 atom stereocenters. The summed E-state index contributed by atoms with van der Waals surface area (Å²) in [6.45, 7) is 1.97. The summed E-state index contributed by atoms with van der Waals surface area (Å²) in [5.41, 5.74) is 3.14. The van der Waals surface area contributed by atoms with Gasteiger partial charge in [0.2, 0.25) is 5.91 Å². The highest BCUT2D eigenvalue weighted by Gasteiger charge is 2.35. The van der Waals surface area contributed by atoms with Gasteiger partial charge in [-0.05, 0) is 24.6 Å². The van der Waals surface area contributed by atoms with Crippen LogP contribution >= 0.6 is 0 Å². The quantitative estimate of drug-likeness (QED) is 0.554. The number of amides is 1. The number of methoxy groups -OCH3 is 2. The molecule has 9 nitrogen and oxygen atoms in total. The highest BCUT2D eigenvalue weighted by Crippen LogP contribution is 2.35. The van der Waals surface area contributed by atoms with Gasteiger partial charge in [-0.25, -0.2) is 5.01 Å². The number of aryl methyl sites for hydroxylation is 1. The van der Waals surface area contributed by atoms with E-state index in [4.69, 9.17) is 14.6 Å². The first kappa shape index (κ1) is 23.0. The molecule has 9 heteroatoms. The summed E-state index contributed by atoms with van der Waals surface area (Å²) in [6.07, 6.45) is -0.209. The molecule has 4 rings (SSSR count). The van der Waals surface area contributed by atoms with Crippen molar-refractivity contribution in [2.24, 2.45) is 5.10 Å². The van der Waals surface area contributed by atoms with Gasteiger partial charge in [0, 0.05) is 29.9 Å². The molecular weight excluding hydrogens is 438 g/mol. The van der Waals surface area contributed by atoms with Crippen molar-refractivity contribution in [2.75, 3.05) is 14.2 Å². The first-order chi connectivity index (χ1) is 16.3. The Kier molecular flexibility index (Phi) is 6.36. The molecule has 3 aromatic rings. The van der Waals surface area contributed by atoms with E-state index >= 15 is 0 Å². The fraction of sp³-hybridized carbons (Fsp3) is 0.280. The number of nitrogens with one attached hydrogen (secondary N) is 1. The summed E-state index contributed by atoms with van der Waals surface area (Å²) in [4.78, 5) is 39.9. The summed E-state index contributed by atoms with van der Waals surface area (Å²) in [6, 6.07) is 12.2. The third-order valence-corrected chi connectivity index (χ3v) is 5.84. The van der Waals surface area contributed by atoms with Crippen molar-refractivity contribution in [1.29, 1.82) is 0 Å². The van der Waals surface area contributed by atoms with Gasteiger partial charge in [0.25, 0.3) is 5.56 Å². The van der Waals surface area contributed by atoms with Crippen LogP contribution in [0.3, 0.4) is 0 Å². The lowest BCUT2D eigenvalue weighted by atomic mass is 9.97. The van der Waals surface area contributed by atoms with Crippen LogP contribution < -0.4 is 15.0 Å². The maximum absolute atomic E-state index is 13.1. The fourth-order valence-corrected chi connectivity index (χ4v) is 4.03. The Labute approximate surface area is 195 Å². The number of rotatable bonds is 7. The molecule has 2 N–H and O–H groups in total.